The number of aliphatic carboxylic acids is 1. The number of carboxylic acid groups (broad SMARTS) is 1. The summed E-state index contributed by atoms with van der Waals surface area (Å²) in [6.45, 7) is 0.0986. The summed E-state index contributed by atoms with van der Waals surface area (Å²) in [7, 11) is 0. The highest BCUT2D eigenvalue weighted by atomic mass is 16.4. The molecule has 20 heavy (non-hydrogen) atoms. The van der Waals surface area contributed by atoms with E-state index < -0.39 is 11.9 Å². The summed E-state index contributed by atoms with van der Waals surface area (Å²) in [5.41, 5.74) is 6.57. The van der Waals surface area contributed by atoms with E-state index in [1.54, 1.807) is 24.3 Å². The molecule has 1 aromatic rings. The Balaban J connectivity index is 1.96. The first kappa shape index (κ1) is 14.5. The first-order valence-corrected chi connectivity index (χ1v) is 6.90. The van der Waals surface area contributed by atoms with Crippen LogP contribution in [0.3, 0.4) is 0 Å². The van der Waals surface area contributed by atoms with Gasteiger partial charge in [-0.1, -0.05) is 36.8 Å². The van der Waals surface area contributed by atoms with Gasteiger partial charge in [0.2, 0.25) is 5.91 Å². The molecular weight excluding hydrogens is 256 g/mol. The van der Waals surface area contributed by atoms with Crippen molar-refractivity contribution in [1.82, 2.24) is 5.32 Å². The second-order valence-corrected chi connectivity index (χ2v) is 5.25. The van der Waals surface area contributed by atoms with E-state index in [9.17, 15) is 14.7 Å². The molecule has 1 amide bonds. The summed E-state index contributed by atoms with van der Waals surface area (Å²) in [6, 6.07) is 8.83. The number of nitrogens with two attached hydrogens (primary N) is 1. The molecule has 2 rings (SSSR count). The second kappa shape index (κ2) is 6.52. The van der Waals surface area contributed by atoms with Crippen molar-refractivity contribution in [3.8, 4) is 0 Å². The molecule has 0 saturated heterocycles. The fourth-order valence-corrected chi connectivity index (χ4v) is 2.68. The molecular formula is C15H20N2O3. The van der Waals surface area contributed by atoms with E-state index in [4.69, 9.17) is 5.73 Å². The van der Waals surface area contributed by atoms with E-state index in [1.165, 1.54) is 0 Å². The number of carboxylic acids is 1. The number of hydrogen-bond donors (Lipinski definition) is 3. The molecule has 4 N–H and O–H groups in total. The molecule has 5 nitrogen and oxygen atoms in total. The average Bonchev–Trinajstić information content (AvgIpc) is 2.86. The van der Waals surface area contributed by atoms with Crippen molar-refractivity contribution in [2.24, 2.45) is 11.7 Å². The second-order valence-electron chi connectivity index (χ2n) is 5.25. The maximum absolute atomic E-state index is 12.0. The van der Waals surface area contributed by atoms with Gasteiger partial charge in [0.1, 0.15) is 0 Å². The van der Waals surface area contributed by atoms with Crippen LogP contribution in [0.5, 0.6) is 0 Å². The van der Waals surface area contributed by atoms with Crippen LogP contribution in [0.1, 0.15) is 30.7 Å². The lowest BCUT2D eigenvalue weighted by atomic mass is 9.98. The standard InChI is InChI=1S/C15H20N2O3/c16-13-8-4-7-11(13)14(18)17-9-12(15(19)20)10-5-2-1-3-6-10/h1-3,5-6,11-13H,4,7-9,16H2,(H,17,18)(H,19,20). The molecule has 108 valence electrons. The molecule has 1 fully saturated rings. The largest absolute Gasteiger partial charge is 0.481 e. The Kier molecular flexibility index (Phi) is 4.74. The number of carbonyl (C=O) groups excluding carboxylic acids is 1. The van der Waals surface area contributed by atoms with Crippen LogP contribution in [0.2, 0.25) is 0 Å². The zero-order chi connectivity index (χ0) is 14.5. The van der Waals surface area contributed by atoms with Crippen molar-refractivity contribution in [3.63, 3.8) is 0 Å². The highest BCUT2D eigenvalue weighted by Gasteiger charge is 2.31. The van der Waals surface area contributed by atoms with Crippen molar-refractivity contribution in [2.75, 3.05) is 6.54 Å². The van der Waals surface area contributed by atoms with Gasteiger partial charge in [-0.25, -0.2) is 0 Å². The van der Waals surface area contributed by atoms with Gasteiger partial charge < -0.3 is 16.2 Å². The van der Waals surface area contributed by atoms with E-state index in [1.807, 2.05) is 6.07 Å². The predicted octanol–water partition coefficient (Wildman–Crippen LogP) is 1.10. The molecule has 1 saturated carbocycles. The van der Waals surface area contributed by atoms with Gasteiger partial charge in [-0.15, -0.1) is 0 Å². The first-order valence-electron chi connectivity index (χ1n) is 6.90. The van der Waals surface area contributed by atoms with Crippen LogP contribution in [0.25, 0.3) is 0 Å². The number of nitrogens with one attached hydrogen (secondary N) is 1. The van der Waals surface area contributed by atoms with Crippen molar-refractivity contribution in [1.29, 1.82) is 0 Å². The maximum atomic E-state index is 12.0. The van der Waals surface area contributed by atoms with Gasteiger partial charge in [0.25, 0.3) is 0 Å². The van der Waals surface area contributed by atoms with Crippen LogP contribution in [-0.2, 0) is 9.59 Å². The Morgan fingerprint density at radius 3 is 2.55 bits per heavy atom. The zero-order valence-electron chi connectivity index (χ0n) is 11.3. The Morgan fingerprint density at radius 1 is 1.30 bits per heavy atom. The highest BCUT2D eigenvalue weighted by molar-refractivity contribution is 5.82. The minimum Gasteiger partial charge on any atom is -0.481 e. The predicted molar refractivity (Wildman–Crippen MR) is 75.1 cm³/mol. The Hall–Kier alpha value is -1.88. The molecule has 1 aliphatic rings. The normalized spacial score (nSPS) is 23.2. The van der Waals surface area contributed by atoms with Gasteiger partial charge in [-0.2, -0.15) is 0 Å². The third-order valence-corrected chi connectivity index (χ3v) is 3.89. The Morgan fingerprint density at radius 2 is 2.00 bits per heavy atom. The molecule has 1 aliphatic carbocycles. The van der Waals surface area contributed by atoms with Gasteiger partial charge in [0, 0.05) is 12.6 Å². The van der Waals surface area contributed by atoms with Crippen LogP contribution in [0.4, 0.5) is 0 Å². The molecule has 0 heterocycles. The smallest absolute Gasteiger partial charge is 0.312 e. The van der Waals surface area contributed by atoms with E-state index in [-0.39, 0.29) is 24.4 Å². The van der Waals surface area contributed by atoms with E-state index in [0.717, 1.165) is 19.3 Å². The fourth-order valence-electron chi connectivity index (χ4n) is 2.68. The van der Waals surface area contributed by atoms with E-state index >= 15 is 0 Å². The summed E-state index contributed by atoms with van der Waals surface area (Å²) in [4.78, 5) is 23.4. The van der Waals surface area contributed by atoms with Crippen LogP contribution in [0, 0.1) is 5.92 Å². The fraction of sp³-hybridized carbons (Fsp3) is 0.467. The lowest BCUT2D eigenvalue weighted by Gasteiger charge is -2.18. The van der Waals surface area contributed by atoms with E-state index in [0.29, 0.717) is 5.56 Å². The summed E-state index contributed by atoms with van der Waals surface area (Å²) in [5, 5.41) is 12.0. The average molecular weight is 276 g/mol. The molecule has 0 radical (unpaired) electrons. The lowest BCUT2D eigenvalue weighted by Crippen LogP contribution is -2.41. The van der Waals surface area contributed by atoms with Crippen molar-refractivity contribution in [3.05, 3.63) is 35.9 Å². The molecule has 0 aromatic heterocycles. The molecule has 0 aliphatic heterocycles. The van der Waals surface area contributed by atoms with Gasteiger partial charge in [-0.3, -0.25) is 9.59 Å². The maximum Gasteiger partial charge on any atom is 0.312 e. The minimum absolute atomic E-state index is 0.0986. The zero-order valence-corrected chi connectivity index (χ0v) is 11.3. The summed E-state index contributed by atoms with van der Waals surface area (Å²) >= 11 is 0. The van der Waals surface area contributed by atoms with Crippen LogP contribution >= 0.6 is 0 Å². The molecule has 0 spiro atoms. The molecule has 3 unspecified atom stereocenters. The highest BCUT2D eigenvalue weighted by Crippen LogP contribution is 2.24. The van der Waals surface area contributed by atoms with Crippen LogP contribution < -0.4 is 11.1 Å². The molecule has 0 bridgehead atoms. The third kappa shape index (κ3) is 3.36. The topological polar surface area (TPSA) is 92.4 Å². The van der Waals surface area contributed by atoms with Gasteiger partial charge in [0.15, 0.2) is 0 Å². The van der Waals surface area contributed by atoms with Gasteiger partial charge in [-0.05, 0) is 18.4 Å². The van der Waals surface area contributed by atoms with Crippen molar-refractivity contribution < 1.29 is 14.7 Å². The lowest BCUT2D eigenvalue weighted by molar-refractivity contribution is -0.138. The van der Waals surface area contributed by atoms with Crippen molar-refractivity contribution >= 4 is 11.9 Å². The SMILES string of the molecule is NC1CCCC1C(=O)NCC(C(=O)O)c1ccccc1. The van der Waals surface area contributed by atoms with E-state index in [2.05, 4.69) is 5.32 Å². The summed E-state index contributed by atoms with van der Waals surface area (Å²) in [5.74, 6) is -1.97. The number of rotatable bonds is 5. The number of amides is 1. The summed E-state index contributed by atoms with van der Waals surface area (Å²) < 4.78 is 0. The molecule has 3 atom stereocenters. The van der Waals surface area contributed by atoms with Gasteiger partial charge in [0.05, 0.1) is 11.8 Å². The van der Waals surface area contributed by atoms with Gasteiger partial charge >= 0.3 is 5.97 Å². The Bertz CT molecular complexity index is 475. The monoisotopic (exact) mass is 276 g/mol. The van der Waals surface area contributed by atoms with Crippen LogP contribution in [-0.4, -0.2) is 29.6 Å². The third-order valence-electron chi connectivity index (χ3n) is 3.89. The minimum atomic E-state index is -0.938. The quantitative estimate of drug-likeness (QED) is 0.751. The molecule has 1 aromatic carbocycles. The van der Waals surface area contributed by atoms with Crippen LogP contribution in [0.15, 0.2) is 30.3 Å². The molecule has 5 heteroatoms. The first-order chi connectivity index (χ1) is 9.59. The number of carbonyl (C=O) groups is 2. The Labute approximate surface area is 118 Å². The summed E-state index contributed by atoms with van der Waals surface area (Å²) in [6.07, 6.45) is 2.61. The van der Waals surface area contributed by atoms with Crippen molar-refractivity contribution in [2.45, 2.75) is 31.2 Å². The number of hydrogen-bond acceptors (Lipinski definition) is 3. The number of benzene rings is 1.